The number of hydrogen-bond donors (Lipinski definition) is 2. The average Bonchev–Trinajstić information content (AvgIpc) is 2.51. The lowest BCUT2D eigenvalue weighted by Gasteiger charge is -2.19. The summed E-state index contributed by atoms with van der Waals surface area (Å²) in [4.78, 5) is 0. The lowest BCUT2D eigenvalue weighted by Crippen LogP contribution is -2.41. The SMILES string of the molecule is CCCCCCCCCCCCCCCCC(NC)C(C)N. The van der Waals surface area contributed by atoms with Gasteiger partial charge in [0, 0.05) is 12.1 Å². The quantitative estimate of drug-likeness (QED) is 0.333. The van der Waals surface area contributed by atoms with E-state index in [4.69, 9.17) is 5.73 Å². The van der Waals surface area contributed by atoms with E-state index in [1.807, 2.05) is 7.05 Å². The second kappa shape index (κ2) is 17.3. The highest BCUT2D eigenvalue weighted by molar-refractivity contribution is 4.73. The summed E-state index contributed by atoms with van der Waals surface area (Å²) in [6, 6.07) is 0.768. The van der Waals surface area contributed by atoms with Gasteiger partial charge in [-0.25, -0.2) is 0 Å². The number of hydrogen-bond acceptors (Lipinski definition) is 2. The first-order chi connectivity index (χ1) is 10.7. The second-order valence-corrected chi connectivity index (χ2v) is 7.14. The number of rotatable bonds is 17. The predicted octanol–water partition coefficient (Wildman–Crippen LogP) is 5.79. The number of likely N-dealkylation sites (N-methyl/N-ethyl adjacent to an activating group) is 1. The Kier molecular flexibility index (Phi) is 17.2. The van der Waals surface area contributed by atoms with E-state index in [1.165, 1.54) is 96.3 Å². The minimum Gasteiger partial charge on any atom is -0.327 e. The minimum absolute atomic E-state index is 0.270. The average molecular weight is 313 g/mol. The Morgan fingerprint density at radius 3 is 1.36 bits per heavy atom. The third kappa shape index (κ3) is 14.8. The van der Waals surface area contributed by atoms with Crippen LogP contribution in [0.2, 0.25) is 0 Å². The van der Waals surface area contributed by atoms with Crippen molar-refractivity contribution >= 4 is 0 Å². The molecule has 3 N–H and O–H groups in total. The normalized spacial score (nSPS) is 14.2. The fourth-order valence-electron chi connectivity index (χ4n) is 3.23. The second-order valence-electron chi connectivity index (χ2n) is 7.14. The van der Waals surface area contributed by atoms with Crippen molar-refractivity contribution in [3.63, 3.8) is 0 Å². The molecule has 0 aliphatic carbocycles. The molecule has 2 nitrogen and oxygen atoms in total. The van der Waals surface area contributed by atoms with Crippen LogP contribution in [0.3, 0.4) is 0 Å². The van der Waals surface area contributed by atoms with Gasteiger partial charge >= 0.3 is 0 Å². The Bertz CT molecular complexity index is 204. The van der Waals surface area contributed by atoms with Gasteiger partial charge in [0.05, 0.1) is 0 Å². The van der Waals surface area contributed by atoms with Gasteiger partial charge in [0.15, 0.2) is 0 Å². The molecule has 134 valence electrons. The van der Waals surface area contributed by atoms with Crippen LogP contribution in [0.1, 0.15) is 110 Å². The van der Waals surface area contributed by atoms with Gasteiger partial charge in [-0.05, 0) is 20.4 Å². The summed E-state index contributed by atoms with van der Waals surface area (Å²) in [7, 11) is 2.03. The summed E-state index contributed by atoms with van der Waals surface area (Å²) in [5.41, 5.74) is 5.94. The van der Waals surface area contributed by atoms with Crippen LogP contribution in [0, 0.1) is 0 Å². The molecule has 0 aromatic rings. The van der Waals surface area contributed by atoms with Crippen LogP contribution in [0.4, 0.5) is 0 Å². The molecule has 0 heterocycles. The molecule has 0 aliphatic heterocycles. The van der Waals surface area contributed by atoms with Crippen molar-refractivity contribution in [2.24, 2.45) is 5.73 Å². The van der Waals surface area contributed by atoms with Crippen molar-refractivity contribution in [1.82, 2.24) is 5.32 Å². The van der Waals surface area contributed by atoms with E-state index >= 15 is 0 Å². The van der Waals surface area contributed by atoms with Crippen molar-refractivity contribution in [3.05, 3.63) is 0 Å². The monoisotopic (exact) mass is 312 g/mol. The Balaban J connectivity index is 3.11. The molecular weight excluding hydrogens is 268 g/mol. The van der Waals surface area contributed by atoms with Gasteiger partial charge in [0.1, 0.15) is 0 Å². The third-order valence-electron chi connectivity index (χ3n) is 4.87. The zero-order valence-corrected chi connectivity index (χ0v) is 15.8. The van der Waals surface area contributed by atoms with Crippen molar-refractivity contribution < 1.29 is 0 Å². The third-order valence-corrected chi connectivity index (χ3v) is 4.87. The first-order valence-electron chi connectivity index (χ1n) is 10.1. The molecule has 2 atom stereocenters. The van der Waals surface area contributed by atoms with Gasteiger partial charge in [-0.2, -0.15) is 0 Å². The summed E-state index contributed by atoms with van der Waals surface area (Å²) in [5.74, 6) is 0. The van der Waals surface area contributed by atoms with E-state index in [9.17, 15) is 0 Å². The topological polar surface area (TPSA) is 38.0 Å². The smallest absolute Gasteiger partial charge is 0.0213 e. The van der Waals surface area contributed by atoms with E-state index in [2.05, 4.69) is 19.2 Å². The molecule has 0 bridgehead atoms. The van der Waals surface area contributed by atoms with E-state index < -0.39 is 0 Å². The molecule has 0 aromatic heterocycles. The number of unbranched alkanes of at least 4 members (excludes halogenated alkanes) is 13. The van der Waals surface area contributed by atoms with Gasteiger partial charge in [0.25, 0.3) is 0 Å². The molecular formula is C20H44N2. The van der Waals surface area contributed by atoms with E-state index in [1.54, 1.807) is 0 Å². The van der Waals surface area contributed by atoms with Gasteiger partial charge < -0.3 is 11.1 Å². The summed E-state index contributed by atoms with van der Waals surface area (Å²) in [5, 5.41) is 3.32. The van der Waals surface area contributed by atoms with E-state index in [-0.39, 0.29) is 6.04 Å². The fourth-order valence-corrected chi connectivity index (χ4v) is 3.23. The number of nitrogens with one attached hydrogen (secondary N) is 1. The molecule has 2 heteroatoms. The standard InChI is InChI=1S/C20H44N2/c1-4-5-6-7-8-9-10-11-12-13-14-15-16-17-18-20(22-3)19(2)21/h19-20,22H,4-18,21H2,1-3H3. The molecule has 0 amide bonds. The lowest BCUT2D eigenvalue weighted by atomic mass is 10.0. The van der Waals surface area contributed by atoms with Crippen LogP contribution >= 0.6 is 0 Å². The van der Waals surface area contributed by atoms with Crippen molar-refractivity contribution in [3.8, 4) is 0 Å². The molecule has 0 fully saturated rings. The van der Waals surface area contributed by atoms with Gasteiger partial charge in [-0.3, -0.25) is 0 Å². The van der Waals surface area contributed by atoms with Crippen LogP contribution in [-0.2, 0) is 0 Å². The Hall–Kier alpha value is -0.0800. The predicted molar refractivity (Wildman–Crippen MR) is 101 cm³/mol. The highest BCUT2D eigenvalue weighted by Gasteiger charge is 2.09. The minimum atomic E-state index is 0.270. The lowest BCUT2D eigenvalue weighted by molar-refractivity contribution is 0.429. The molecule has 2 unspecified atom stereocenters. The molecule has 0 saturated heterocycles. The highest BCUT2D eigenvalue weighted by Crippen LogP contribution is 2.14. The van der Waals surface area contributed by atoms with Crippen molar-refractivity contribution in [2.75, 3.05) is 7.05 Å². The fraction of sp³-hybridized carbons (Fsp3) is 1.00. The van der Waals surface area contributed by atoms with Crippen LogP contribution in [0.25, 0.3) is 0 Å². The maximum Gasteiger partial charge on any atom is 0.0213 e. The van der Waals surface area contributed by atoms with Crippen molar-refractivity contribution in [1.29, 1.82) is 0 Å². The zero-order chi connectivity index (χ0) is 16.5. The molecule has 0 saturated carbocycles. The van der Waals surface area contributed by atoms with Crippen LogP contribution in [0.15, 0.2) is 0 Å². The van der Waals surface area contributed by atoms with E-state index in [0.717, 1.165) is 0 Å². The zero-order valence-electron chi connectivity index (χ0n) is 15.8. The molecule has 0 rings (SSSR count). The largest absolute Gasteiger partial charge is 0.327 e. The Morgan fingerprint density at radius 1 is 0.682 bits per heavy atom. The molecule has 0 spiro atoms. The summed E-state index contributed by atoms with van der Waals surface area (Å²) in [6.45, 7) is 4.39. The Morgan fingerprint density at radius 2 is 1.05 bits per heavy atom. The molecule has 0 aromatic carbocycles. The first kappa shape index (κ1) is 21.9. The molecule has 22 heavy (non-hydrogen) atoms. The van der Waals surface area contributed by atoms with Gasteiger partial charge in [-0.1, -0.05) is 96.8 Å². The molecule has 0 aliphatic rings. The van der Waals surface area contributed by atoms with Crippen molar-refractivity contribution in [2.45, 2.75) is 122 Å². The maximum atomic E-state index is 5.94. The van der Waals surface area contributed by atoms with E-state index in [0.29, 0.717) is 6.04 Å². The van der Waals surface area contributed by atoms with Gasteiger partial charge in [-0.15, -0.1) is 0 Å². The summed E-state index contributed by atoms with van der Waals surface area (Å²) >= 11 is 0. The Labute approximate surface area is 141 Å². The van der Waals surface area contributed by atoms with Crippen LogP contribution < -0.4 is 11.1 Å². The maximum absolute atomic E-state index is 5.94. The van der Waals surface area contributed by atoms with Gasteiger partial charge in [0.2, 0.25) is 0 Å². The molecule has 0 radical (unpaired) electrons. The number of nitrogens with two attached hydrogens (primary N) is 1. The highest BCUT2D eigenvalue weighted by atomic mass is 14.9. The first-order valence-corrected chi connectivity index (χ1v) is 10.1. The summed E-state index contributed by atoms with van der Waals surface area (Å²) in [6.07, 6.45) is 21.2. The van der Waals surface area contributed by atoms with Crippen LogP contribution in [-0.4, -0.2) is 19.1 Å². The van der Waals surface area contributed by atoms with Crippen LogP contribution in [0.5, 0.6) is 0 Å². The summed E-state index contributed by atoms with van der Waals surface area (Å²) < 4.78 is 0.